The fraction of sp³-hybridized carbons (Fsp3) is 0.111. The van der Waals surface area contributed by atoms with Gasteiger partial charge in [-0.25, -0.2) is 4.39 Å². The zero-order valence-corrected chi connectivity index (χ0v) is 9.36. The van der Waals surface area contributed by atoms with Gasteiger partial charge in [0.1, 0.15) is 5.82 Å². The lowest BCUT2D eigenvalue weighted by molar-refractivity contribution is 0.631. The molecule has 0 aliphatic heterocycles. The van der Waals surface area contributed by atoms with Gasteiger partial charge < -0.3 is 5.32 Å². The van der Waals surface area contributed by atoms with Gasteiger partial charge in [-0.1, -0.05) is 22.9 Å². The molecule has 0 saturated carbocycles. The number of benzene rings is 1. The molecule has 15 heavy (non-hydrogen) atoms. The highest BCUT2D eigenvalue weighted by Crippen LogP contribution is 2.29. The fourth-order valence-electron chi connectivity index (χ4n) is 1.10. The Balaban J connectivity index is 2.44. The van der Waals surface area contributed by atoms with E-state index in [-0.39, 0.29) is 5.82 Å². The number of rotatable bonds is 2. The van der Waals surface area contributed by atoms with Crippen molar-refractivity contribution >= 4 is 28.1 Å². The minimum Gasteiger partial charge on any atom is -0.363 e. The highest BCUT2D eigenvalue weighted by molar-refractivity contribution is 7.18. The second kappa shape index (κ2) is 4.12. The first-order valence-corrected chi connectivity index (χ1v) is 5.37. The lowest BCUT2D eigenvalue weighted by atomic mass is 10.2. The van der Waals surface area contributed by atoms with Gasteiger partial charge in [-0.05, 0) is 18.2 Å². The summed E-state index contributed by atoms with van der Waals surface area (Å²) in [6.07, 6.45) is 0. The molecule has 0 bridgehead atoms. The molecule has 0 radical (unpaired) electrons. The molecule has 78 valence electrons. The molecule has 0 saturated heterocycles. The Labute approximate surface area is 94.9 Å². The van der Waals surface area contributed by atoms with E-state index in [1.807, 2.05) is 0 Å². The van der Waals surface area contributed by atoms with Crippen LogP contribution in [-0.4, -0.2) is 17.2 Å². The van der Waals surface area contributed by atoms with Crippen molar-refractivity contribution in [2.24, 2.45) is 0 Å². The number of hydrogen-bond donors (Lipinski definition) is 1. The molecule has 6 heteroatoms. The number of nitrogens with zero attached hydrogens (tertiary/aromatic N) is 2. The summed E-state index contributed by atoms with van der Waals surface area (Å²) in [4.78, 5) is 0. The average molecular weight is 244 g/mol. The van der Waals surface area contributed by atoms with E-state index in [0.717, 1.165) is 0 Å². The maximum atomic E-state index is 13.5. The minimum atomic E-state index is -0.388. The van der Waals surface area contributed by atoms with Crippen LogP contribution in [0.1, 0.15) is 0 Å². The highest BCUT2D eigenvalue weighted by atomic mass is 35.5. The van der Waals surface area contributed by atoms with Gasteiger partial charge in [0.25, 0.3) is 0 Å². The molecule has 0 atom stereocenters. The molecular weight excluding hydrogens is 237 g/mol. The Hall–Kier alpha value is -1.20. The number of nitrogens with one attached hydrogen (secondary N) is 1. The van der Waals surface area contributed by atoms with Crippen molar-refractivity contribution in [3.05, 3.63) is 29.0 Å². The summed E-state index contributed by atoms with van der Waals surface area (Å²) in [6.45, 7) is 0. The maximum absolute atomic E-state index is 13.5. The van der Waals surface area contributed by atoms with Gasteiger partial charge in [0, 0.05) is 17.6 Å². The summed E-state index contributed by atoms with van der Waals surface area (Å²) < 4.78 is 13.5. The van der Waals surface area contributed by atoms with Gasteiger partial charge in [-0.15, -0.1) is 10.2 Å². The topological polar surface area (TPSA) is 37.8 Å². The number of halogens is 2. The molecule has 2 aromatic rings. The normalized spacial score (nSPS) is 10.3. The maximum Gasteiger partial charge on any atom is 0.205 e. The lowest BCUT2D eigenvalue weighted by Gasteiger charge is -1.97. The first kappa shape index (κ1) is 10.3. The van der Waals surface area contributed by atoms with Crippen LogP contribution < -0.4 is 5.32 Å². The molecule has 1 heterocycles. The first-order chi connectivity index (χ1) is 7.20. The van der Waals surface area contributed by atoms with E-state index >= 15 is 0 Å². The Morgan fingerprint density at radius 3 is 2.80 bits per heavy atom. The molecule has 3 nitrogen and oxygen atoms in total. The smallest absolute Gasteiger partial charge is 0.205 e. The van der Waals surface area contributed by atoms with Gasteiger partial charge in [-0.2, -0.15) is 0 Å². The van der Waals surface area contributed by atoms with Crippen LogP contribution in [0.5, 0.6) is 0 Å². The van der Waals surface area contributed by atoms with Crippen molar-refractivity contribution in [2.75, 3.05) is 12.4 Å². The van der Waals surface area contributed by atoms with Crippen LogP contribution in [0, 0.1) is 5.82 Å². The van der Waals surface area contributed by atoms with Crippen LogP contribution in [0.4, 0.5) is 9.52 Å². The van der Waals surface area contributed by atoms with Crippen LogP contribution in [-0.2, 0) is 0 Å². The van der Waals surface area contributed by atoms with Gasteiger partial charge >= 0.3 is 0 Å². The fourth-order valence-corrected chi connectivity index (χ4v) is 1.98. The second-order valence-corrected chi connectivity index (χ2v) is 4.20. The molecule has 0 unspecified atom stereocenters. The SMILES string of the molecule is CNc1nnc(-c2ccc(Cl)cc2F)s1. The third kappa shape index (κ3) is 2.08. The van der Waals surface area contributed by atoms with E-state index in [2.05, 4.69) is 15.5 Å². The molecule has 0 aliphatic rings. The zero-order valence-electron chi connectivity index (χ0n) is 7.79. The summed E-state index contributed by atoms with van der Waals surface area (Å²) in [5.74, 6) is -0.388. The van der Waals surface area contributed by atoms with Crippen LogP contribution >= 0.6 is 22.9 Å². The van der Waals surface area contributed by atoms with E-state index < -0.39 is 0 Å². The van der Waals surface area contributed by atoms with Crippen molar-refractivity contribution in [1.29, 1.82) is 0 Å². The molecule has 2 rings (SSSR count). The molecule has 1 aromatic heterocycles. The van der Waals surface area contributed by atoms with Crippen molar-refractivity contribution in [3.63, 3.8) is 0 Å². The number of aromatic nitrogens is 2. The monoisotopic (exact) mass is 243 g/mol. The first-order valence-electron chi connectivity index (χ1n) is 4.17. The molecule has 0 aliphatic carbocycles. The Morgan fingerprint density at radius 1 is 1.40 bits per heavy atom. The van der Waals surface area contributed by atoms with Gasteiger partial charge in [0.05, 0.1) is 0 Å². The van der Waals surface area contributed by atoms with E-state index in [4.69, 9.17) is 11.6 Å². The third-order valence-corrected chi connectivity index (χ3v) is 3.01. The van der Waals surface area contributed by atoms with Crippen LogP contribution in [0.15, 0.2) is 18.2 Å². The van der Waals surface area contributed by atoms with Gasteiger partial charge in [0.15, 0.2) is 5.01 Å². The van der Waals surface area contributed by atoms with Gasteiger partial charge in [0.2, 0.25) is 5.13 Å². The number of hydrogen-bond acceptors (Lipinski definition) is 4. The van der Waals surface area contributed by atoms with Crippen molar-refractivity contribution in [1.82, 2.24) is 10.2 Å². The average Bonchev–Trinajstić information content (AvgIpc) is 2.66. The van der Waals surface area contributed by atoms with Crippen LogP contribution in [0.2, 0.25) is 5.02 Å². The minimum absolute atomic E-state index is 0.370. The molecule has 0 spiro atoms. The third-order valence-electron chi connectivity index (χ3n) is 1.80. The van der Waals surface area contributed by atoms with E-state index in [0.29, 0.717) is 20.7 Å². The lowest BCUT2D eigenvalue weighted by Crippen LogP contribution is -1.85. The predicted octanol–water partition coefficient (Wildman–Crippen LogP) is 3.04. The quantitative estimate of drug-likeness (QED) is 0.881. The summed E-state index contributed by atoms with van der Waals surface area (Å²) in [5.41, 5.74) is 0.415. The molecule has 0 amide bonds. The van der Waals surface area contributed by atoms with Crippen LogP contribution in [0.25, 0.3) is 10.6 Å². The summed E-state index contributed by atoms with van der Waals surface area (Å²) in [6, 6.07) is 4.48. The molecule has 0 fully saturated rings. The molecule has 1 N–H and O–H groups in total. The molecular formula is C9H7ClFN3S. The van der Waals surface area contributed by atoms with E-state index in [1.165, 1.54) is 17.4 Å². The van der Waals surface area contributed by atoms with E-state index in [1.54, 1.807) is 19.2 Å². The predicted molar refractivity (Wildman–Crippen MR) is 59.9 cm³/mol. The number of anilines is 1. The summed E-state index contributed by atoms with van der Waals surface area (Å²) >= 11 is 6.94. The Kier molecular flexibility index (Phi) is 2.83. The Bertz CT molecular complexity index is 486. The van der Waals surface area contributed by atoms with Crippen LogP contribution in [0.3, 0.4) is 0 Å². The van der Waals surface area contributed by atoms with Crippen molar-refractivity contribution < 1.29 is 4.39 Å². The summed E-state index contributed by atoms with van der Waals surface area (Å²) in [5, 5.41) is 12.1. The summed E-state index contributed by atoms with van der Waals surface area (Å²) in [7, 11) is 1.74. The Morgan fingerprint density at radius 2 is 2.20 bits per heavy atom. The van der Waals surface area contributed by atoms with Crippen molar-refractivity contribution in [3.8, 4) is 10.6 Å². The second-order valence-electron chi connectivity index (χ2n) is 2.79. The highest BCUT2D eigenvalue weighted by Gasteiger charge is 2.10. The van der Waals surface area contributed by atoms with Gasteiger partial charge in [-0.3, -0.25) is 0 Å². The van der Waals surface area contributed by atoms with Crippen molar-refractivity contribution in [2.45, 2.75) is 0 Å². The largest absolute Gasteiger partial charge is 0.363 e. The molecule has 1 aromatic carbocycles. The standard InChI is InChI=1S/C9H7ClFN3S/c1-12-9-14-13-8(15-9)6-3-2-5(10)4-7(6)11/h2-4H,1H3,(H,12,14). The zero-order chi connectivity index (χ0) is 10.8. The van der Waals surface area contributed by atoms with E-state index in [9.17, 15) is 4.39 Å².